The lowest BCUT2D eigenvalue weighted by atomic mass is 10.1. The summed E-state index contributed by atoms with van der Waals surface area (Å²) in [5.74, 6) is -2.27. The van der Waals surface area contributed by atoms with E-state index >= 15 is 0 Å². The molecule has 0 heterocycles. The molecule has 2 aromatic carbocycles. The highest BCUT2D eigenvalue weighted by Gasteiger charge is 2.30. The first kappa shape index (κ1) is 19.3. The zero-order valence-electron chi connectivity index (χ0n) is 12.4. The second-order valence-corrected chi connectivity index (χ2v) is 6.80. The second kappa shape index (κ2) is 7.06. The number of halogens is 5. The van der Waals surface area contributed by atoms with E-state index in [2.05, 4.69) is 0 Å². The lowest BCUT2D eigenvalue weighted by Gasteiger charge is -2.14. The number of rotatable bonds is 5. The Morgan fingerprint density at radius 3 is 2.16 bits per heavy atom. The maximum Gasteiger partial charge on any atom is 0.416 e. The summed E-state index contributed by atoms with van der Waals surface area (Å²) in [5.41, 5.74) is -0.882. The third-order valence-electron chi connectivity index (χ3n) is 3.27. The maximum absolute atomic E-state index is 13.5. The predicted octanol–water partition coefficient (Wildman–Crippen LogP) is 3.00. The summed E-state index contributed by atoms with van der Waals surface area (Å²) in [4.78, 5) is -0.812. The molecule has 10 heteroatoms. The molecule has 2 aromatic rings. The van der Waals surface area contributed by atoms with Crippen LogP contribution in [0.5, 0.6) is 0 Å². The second-order valence-electron chi connectivity index (χ2n) is 5.06. The van der Waals surface area contributed by atoms with Gasteiger partial charge in [0.1, 0.15) is 16.5 Å². The predicted molar refractivity (Wildman–Crippen MR) is 78.0 cm³/mol. The zero-order chi connectivity index (χ0) is 18.8. The fourth-order valence-electron chi connectivity index (χ4n) is 1.97. The van der Waals surface area contributed by atoms with Crippen molar-refractivity contribution in [3.05, 3.63) is 65.2 Å². The fourth-order valence-corrected chi connectivity index (χ4v) is 3.07. The molecule has 2 rings (SSSR count). The molecular weight excluding hydrogens is 369 g/mol. The molecule has 0 saturated heterocycles. The molecule has 4 nitrogen and oxygen atoms in total. The van der Waals surface area contributed by atoms with E-state index in [0.717, 1.165) is 36.4 Å². The van der Waals surface area contributed by atoms with Crippen LogP contribution < -0.4 is 4.72 Å². The van der Waals surface area contributed by atoms with Crippen LogP contribution in [0.25, 0.3) is 0 Å². The van der Waals surface area contributed by atoms with Crippen molar-refractivity contribution in [2.45, 2.75) is 17.2 Å². The van der Waals surface area contributed by atoms with Crippen LogP contribution in [0.4, 0.5) is 22.0 Å². The van der Waals surface area contributed by atoms with Crippen molar-refractivity contribution in [2.24, 2.45) is 0 Å². The van der Waals surface area contributed by atoms with E-state index < -0.39 is 50.9 Å². The van der Waals surface area contributed by atoms with Crippen molar-refractivity contribution in [3.63, 3.8) is 0 Å². The lowest BCUT2D eigenvalue weighted by molar-refractivity contribution is -0.137. The summed E-state index contributed by atoms with van der Waals surface area (Å²) in [6, 6.07) is 5.35. The highest BCUT2D eigenvalue weighted by molar-refractivity contribution is 7.89. The summed E-state index contributed by atoms with van der Waals surface area (Å²) in [7, 11) is -4.37. The smallest absolute Gasteiger partial charge is 0.387 e. The van der Waals surface area contributed by atoms with Crippen LogP contribution >= 0.6 is 0 Å². The highest BCUT2D eigenvalue weighted by Crippen LogP contribution is 2.30. The Hall–Kier alpha value is -2.04. The number of sulfonamides is 1. The first-order valence-corrected chi connectivity index (χ1v) is 8.29. The highest BCUT2D eigenvalue weighted by atomic mass is 32.2. The minimum atomic E-state index is -4.54. The standard InChI is InChI=1S/C15H12F5NO3S/c16-11-5-6-14(12(17)7-11)25(23,24)21-8-13(22)9-1-3-10(4-2-9)15(18,19)20/h1-7,13,21-22H,8H2. The molecule has 0 saturated carbocycles. The van der Waals surface area contributed by atoms with E-state index in [1.54, 1.807) is 0 Å². The Morgan fingerprint density at radius 1 is 1.04 bits per heavy atom. The minimum absolute atomic E-state index is 0.0373. The van der Waals surface area contributed by atoms with Gasteiger partial charge in [0.05, 0.1) is 11.7 Å². The van der Waals surface area contributed by atoms with Gasteiger partial charge < -0.3 is 5.11 Å². The van der Waals surface area contributed by atoms with Gasteiger partial charge in [-0.25, -0.2) is 21.9 Å². The molecule has 0 radical (unpaired) electrons. The van der Waals surface area contributed by atoms with Crippen LogP contribution in [0.1, 0.15) is 17.2 Å². The van der Waals surface area contributed by atoms with Gasteiger partial charge in [0.2, 0.25) is 10.0 Å². The molecule has 0 aliphatic rings. The van der Waals surface area contributed by atoms with E-state index in [1.807, 2.05) is 4.72 Å². The van der Waals surface area contributed by atoms with Gasteiger partial charge >= 0.3 is 6.18 Å². The number of benzene rings is 2. The number of alkyl halides is 3. The number of hydrogen-bond acceptors (Lipinski definition) is 3. The summed E-state index contributed by atoms with van der Waals surface area (Å²) in [6.07, 6.45) is -5.99. The lowest BCUT2D eigenvalue weighted by Crippen LogP contribution is -2.29. The van der Waals surface area contributed by atoms with E-state index in [0.29, 0.717) is 6.07 Å². The molecule has 0 spiro atoms. The third-order valence-corrected chi connectivity index (χ3v) is 4.73. The van der Waals surface area contributed by atoms with Crippen molar-refractivity contribution in [1.82, 2.24) is 4.72 Å². The maximum atomic E-state index is 13.5. The van der Waals surface area contributed by atoms with Gasteiger partial charge in [-0.1, -0.05) is 12.1 Å². The molecule has 2 N–H and O–H groups in total. The molecule has 0 aliphatic heterocycles. The molecule has 0 bridgehead atoms. The van der Waals surface area contributed by atoms with E-state index in [1.165, 1.54) is 0 Å². The van der Waals surface area contributed by atoms with E-state index in [-0.39, 0.29) is 5.56 Å². The largest absolute Gasteiger partial charge is 0.416 e. The van der Waals surface area contributed by atoms with Crippen LogP contribution in [0.15, 0.2) is 47.4 Å². The molecule has 0 fully saturated rings. The number of nitrogens with one attached hydrogen (secondary N) is 1. The molecule has 25 heavy (non-hydrogen) atoms. The normalized spacial score (nSPS) is 13.7. The first-order valence-electron chi connectivity index (χ1n) is 6.80. The number of aliphatic hydroxyl groups excluding tert-OH is 1. The third kappa shape index (κ3) is 4.74. The molecule has 0 aliphatic carbocycles. The van der Waals surface area contributed by atoms with Crippen LogP contribution in [-0.4, -0.2) is 20.1 Å². The van der Waals surface area contributed by atoms with Gasteiger partial charge in [-0.2, -0.15) is 13.2 Å². The Morgan fingerprint density at radius 2 is 1.64 bits per heavy atom. The van der Waals surface area contributed by atoms with E-state index in [9.17, 15) is 35.5 Å². The van der Waals surface area contributed by atoms with Gasteiger partial charge in [0.25, 0.3) is 0 Å². The topological polar surface area (TPSA) is 66.4 Å². The van der Waals surface area contributed by atoms with Crippen molar-refractivity contribution >= 4 is 10.0 Å². The van der Waals surface area contributed by atoms with Crippen LogP contribution in [0.2, 0.25) is 0 Å². The summed E-state index contributed by atoms with van der Waals surface area (Å²) in [6.45, 7) is -0.607. The number of aliphatic hydroxyl groups is 1. The SMILES string of the molecule is O=S(=O)(NCC(O)c1ccc(C(F)(F)F)cc1)c1ccc(F)cc1F. The Balaban J connectivity index is 2.09. The van der Waals surface area contributed by atoms with Gasteiger partial charge in [-0.05, 0) is 29.8 Å². The van der Waals surface area contributed by atoms with Crippen LogP contribution in [-0.2, 0) is 16.2 Å². The fraction of sp³-hybridized carbons (Fsp3) is 0.200. The molecule has 1 unspecified atom stereocenters. The van der Waals surface area contributed by atoms with Crippen molar-refractivity contribution in [1.29, 1.82) is 0 Å². The quantitative estimate of drug-likeness (QED) is 0.783. The molecule has 136 valence electrons. The summed E-state index contributed by atoms with van der Waals surface area (Å²) in [5, 5.41) is 9.88. The van der Waals surface area contributed by atoms with E-state index in [4.69, 9.17) is 0 Å². The van der Waals surface area contributed by atoms with Crippen molar-refractivity contribution < 1.29 is 35.5 Å². The Bertz CT molecular complexity index is 850. The average molecular weight is 381 g/mol. The van der Waals surface area contributed by atoms with Gasteiger partial charge in [-0.3, -0.25) is 0 Å². The Labute approximate surface area is 140 Å². The first-order chi connectivity index (χ1) is 11.5. The summed E-state index contributed by atoms with van der Waals surface area (Å²) < 4.78 is 89.5. The molecule has 1 atom stereocenters. The van der Waals surface area contributed by atoms with Gasteiger partial charge in [0.15, 0.2) is 0 Å². The monoisotopic (exact) mass is 381 g/mol. The molecular formula is C15H12F5NO3S. The molecule has 0 amide bonds. The Kier molecular flexibility index (Phi) is 5.45. The molecule has 0 aromatic heterocycles. The van der Waals surface area contributed by atoms with Crippen LogP contribution in [0.3, 0.4) is 0 Å². The number of hydrogen-bond donors (Lipinski definition) is 2. The summed E-state index contributed by atoms with van der Waals surface area (Å²) >= 11 is 0. The zero-order valence-corrected chi connectivity index (χ0v) is 13.2. The van der Waals surface area contributed by atoms with Gasteiger partial charge in [0, 0.05) is 12.6 Å². The van der Waals surface area contributed by atoms with Crippen LogP contribution in [0, 0.1) is 11.6 Å². The van der Waals surface area contributed by atoms with Crippen molar-refractivity contribution in [2.75, 3.05) is 6.54 Å². The minimum Gasteiger partial charge on any atom is -0.387 e. The van der Waals surface area contributed by atoms with Crippen molar-refractivity contribution in [3.8, 4) is 0 Å². The average Bonchev–Trinajstić information content (AvgIpc) is 2.51. The van der Waals surface area contributed by atoms with Gasteiger partial charge in [-0.15, -0.1) is 0 Å².